The monoisotopic (exact) mass is 251 g/mol. The molecule has 98 valence electrons. The molecule has 5 heteroatoms. The highest BCUT2D eigenvalue weighted by Gasteiger charge is 2.22. The fourth-order valence-electron chi connectivity index (χ4n) is 1.26. The molecule has 0 amide bonds. The zero-order valence-corrected chi connectivity index (χ0v) is 11.8. The molecule has 0 aliphatic rings. The SMILES string of the molecule is CC(O)(CCCS(C)(=O)=O)CNC(C)(C)C. The first-order valence-corrected chi connectivity index (χ1v) is 7.63. The smallest absolute Gasteiger partial charge is 0.147 e. The van der Waals surface area contributed by atoms with Crippen LogP contribution >= 0.6 is 0 Å². The summed E-state index contributed by atoms with van der Waals surface area (Å²) in [6.45, 7) is 8.28. The van der Waals surface area contributed by atoms with Gasteiger partial charge in [-0.05, 0) is 40.5 Å². The second kappa shape index (κ2) is 5.47. The van der Waals surface area contributed by atoms with Gasteiger partial charge in [-0.1, -0.05) is 0 Å². The lowest BCUT2D eigenvalue weighted by Gasteiger charge is -2.29. The molecule has 0 bridgehead atoms. The molecule has 0 spiro atoms. The number of β-amino-alcohol motifs (C(OH)–C–C–N with tert-alkyl or cyclic N) is 1. The van der Waals surface area contributed by atoms with Gasteiger partial charge in [-0.2, -0.15) is 0 Å². The van der Waals surface area contributed by atoms with E-state index >= 15 is 0 Å². The van der Waals surface area contributed by atoms with Gasteiger partial charge in [-0.3, -0.25) is 0 Å². The molecule has 1 unspecified atom stereocenters. The number of sulfone groups is 1. The van der Waals surface area contributed by atoms with Gasteiger partial charge in [0.1, 0.15) is 9.84 Å². The summed E-state index contributed by atoms with van der Waals surface area (Å²) in [6.07, 6.45) is 2.20. The average Bonchev–Trinajstić information content (AvgIpc) is 1.97. The Kier molecular flexibility index (Phi) is 5.42. The van der Waals surface area contributed by atoms with Crippen molar-refractivity contribution in [1.29, 1.82) is 0 Å². The minimum absolute atomic E-state index is 0.0409. The highest BCUT2D eigenvalue weighted by Crippen LogP contribution is 2.13. The molecule has 0 aliphatic heterocycles. The van der Waals surface area contributed by atoms with Gasteiger partial charge < -0.3 is 10.4 Å². The van der Waals surface area contributed by atoms with E-state index in [2.05, 4.69) is 5.32 Å². The van der Waals surface area contributed by atoms with Crippen molar-refractivity contribution in [1.82, 2.24) is 5.32 Å². The summed E-state index contributed by atoms with van der Waals surface area (Å²) in [7, 11) is -2.92. The predicted octanol–water partition coefficient (Wildman–Crippen LogP) is 0.950. The molecule has 0 radical (unpaired) electrons. The van der Waals surface area contributed by atoms with Crippen molar-refractivity contribution < 1.29 is 13.5 Å². The first-order chi connectivity index (χ1) is 6.91. The molecular weight excluding hydrogens is 226 g/mol. The predicted molar refractivity (Wildman–Crippen MR) is 67.3 cm³/mol. The molecule has 16 heavy (non-hydrogen) atoms. The van der Waals surface area contributed by atoms with Crippen LogP contribution in [0.15, 0.2) is 0 Å². The molecule has 0 aromatic heterocycles. The topological polar surface area (TPSA) is 66.4 Å². The van der Waals surface area contributed by atoms with E-state index in [4.69, 9.17) is 0 Å². The summed E-state index contributed by atoms with van der Waals surface area (Å²) in [5.74, 6) is 0.138. The minimum Gasteiger partial charge on any atom is -0.389 e. The van der Waals surface area contributed by atoms with E-state index in [9.17, 15) is 13.5 Å². The van der Waals surface area contributed by atoms with Gasteiger partial charge in [-0.15, -0.1) is 0 Å². The van der Waals surface area contributed by atoms with Crippen LogP contribution in [-0.4, -0.2) is 43.2 Å². The second-order valence-corrected chi connectivity index (χ2v) is 8.09. The molecule has 4 nitrogen and oxygen atoms in total. The van der Waals surface area contributed by atoms with Gasteiger partial charge in [0.25, 0.3) is 0 Å². The zero-order valence-electron chi connectivity index (χ0n) is 11.0. The maximum absolute atomic E-state index is 10.9. The van der Waals surface area contributed by atoms with Crippen molar-refractivity contribution in [3.63, 3.8) is 0 Å². The molecule has 1 atom stereocenters. The lowest BCUT2D eigenvalue weighted by molar-refractivity contribution is 0.0440. The Bertz CT molecular complexity index is 302. The van der Waals surface area contributed by atoms with Crippen molar-refractivity contribution in [2.24, 2.45) is 0 Å². The highest BCUT2D eigenvalue weighted by atomic mass is 32.2. The zero-order chi connectivity index (χ0) is 13.0. The standard InChI is InChI=1S/C11H25NO3S/c1-10(2,3)12-9-11(4,13)7-6-8-16(5,14)15/h12-13H,6-9H2,1-5H3. The lowest BCUT2D eigenvalue weighted by Crippen LogP contribution is -2.46. The summed E-state index contributed by atoms with van der Waals surface area (Å²) in [5, 5.41) is 13.2. The Morgan fingerprint density at radius 3 is 2.06 bits per heavy atom. The minimum atomic E-state index is -2.92. The van der Waals surface area contributed by atoms with Crippen LogP contribution in [-0.2, 0) is 9.84 Å². The quantitative estimate of drug-likeness (QED) is 0.737. The fraction of sp³-hybridized carbons (Fsp3) is 1.00. The van der Waals surface area contributed by atoms with Crippen molar-refractivity contribution in [2.75, 3.05) is 18.6 Å². The van der Waals surface area contributed by atoms with E-state index in [0.29, 0.717) is 19.4 Å². The van der Waals surface area contributed by atoms with Crippen molar-refractivity contribution in [3.05, 3.63) is 0 Å². The summed E-state index contributed by atoms with van der Waals surface area (Å²) >= 11 is 0. The maximum atomic E-state index is 10.9. The molecule has 0 saturated carbocycles. The average molecular weight is 251 g/mol. The number of nitrogens with one attached hydrogen (secondary N) is 1. The third-order valence-electron chi connectivity index (χ3n) is 2.23. The van der Waals surface area contributed by atoms with Crippen molar-refractivity contribution in [3.8, 4) is 0 Å². The van der Waals surface area contributed by atoms with Gasteiger partial charge in [0.2, 0.25) is 0 Å². The molecule has 0 fully saturated rings. The Balaban J connectivity index is 3.97. The van der Waals surface area contributed by atoms with E-state index in [1.807, 2.05) is 20.8 Å². The summed E-state index contributed by atoms with van der Waals surface area (Å²) in [5.41, 5.74) is -0.890. The highest BCUT2D eigenvalue weighted by molar-refractivity contribution is 7.90. The Labute approximate surface area is 99.4 Å². The van der Waals surface area contributed by atoms with E-state index in [1.165, 1.54) is 6.26 Å². The van der Waals surface area contributed by atoms with Crippen LogP contribution in [0.4, 0.5) is 0 Å². The van der Waals surface area contributed by atoms with E-state index < -0.39 is 15.4 Å². The van der Waals surface area contributed by atoms with Crippen LogP contribution in [0.5, 0.6) is 0 Å². The Hall–Kier alpha value is -0.130. The Morgan fingerprint density at radius 2 is 1.69 bits per heavy atom. The van der Waals surface area contributed by atoms with Crippen LogP contribution in [0.3, 0.4) is 0 Å². The molecule has 2 N–H and O–H groups in total. The van der Waals surface area contributed by atoms with Crippen LogP contribution in [0.2, 0.25) is 0 Å². The molecular formula is C11H25NO3S. The number of hydrogen-bond acceptors (Lipinski definition) is 4. The summed E-state index contributed by atoms with van der Waals surface area (Å²) in [4.78, 5) is 0. The molecule has 0 aromatic carbocycles. The normalized spacial score (nSPS) is 17.1. The molecule has 0 rings (SSSR count). The third-order valence-corrected chi connectivity index (χ3v) is 3.26. The van der Waals surface area contributed by atoms with Crippen LogP contribution in [0.1, 0.15) is 40.5 Å². The summed E-state index contributed by atoms with van der Waals surface area (Å²) in [6, 6.07) is 0. The van der Waals surface area contributed by atoms with Crippen LogP contribution in [0.25, 0.3) is 0 Å². The van der Waals surface area contributed by atoms with Crippen LogP contribution < -0.4 is 5.32 Å². The van der Waals surface area contributed by atoms with E-state index in [1.54, 1.807) is 6.92 Å². The lowest BCUT2D eigenvalue weighted by atomic mass is 9.99. The summed E-state index contributed by atoms with van der Waals surface area (Å²) < 4.78 is 21.9. The largest absolute Gasteiger partial charge is 0.389 e. The van der Waals surface area contributed by atoms with Gasteiger partial charge in [0, 0.05) is 24.1 Å². The molecule has 0 aromatic rings. The van der Waals surface area contributed by atoms with Gasteiger partial charge >= 0.3 is 0 Å². The number of rotatable bonds is 6. The number of hydrogen-bond donors (Lipinski definition) is 2. The van der Waals surface area contributed by atoms with Crippen LogP contribution in [0, 0.1) is 0 Å². The van der Waals surface area contributed by atoms with Crippen molar-refractivity contribution in [2.45, 2.75) is 51.7 Å². The number of aliphatic hydroxyl groups is 1. The van der Waals surface area contributed by atoms with E-state index in [0.717, 1.165) is 0 Å². The molecule has 0 saturated heterocycles. The van der Waals surface area contributed by atoms with E-state index in [-0.39, 0.29) is 11.3 Å². The van der Waals surface area contributed by atoms with Gasteiger partial charge in [0.05, 0.1) is 5.60 Å². The maximum Gasteiger partial charge on any atom is 0.147 e. The Morgan fingerprint density at radius 1 is 1.19 bits per heavy atom. The molecule has 0 heterocycles. The van der Waals surface area contributed by atoms with Gasteiger partial charge in [-0.25, -0.2) is 8.42 Å². The second-order valence-electron chi connectivity index (χ2n) is 5.83. The third kappa shape index (κ3) is 10.4. The first kappa shape index (κ1) is 15.9. The van der Waals surface area contributed by atoms with Crippen molar-refractivity contribution >= 4 is 9.84 Å². The fourth-order valence-corrected chi connectivity index (χ4v) is 1.93. The first-order valence-electron chi connectivity index (χ1n) is 5.56. The van der Waals surface area contributed by atoms with Gasteiger partial charge in [0.15, 0.2) is 0 Å². The molecule has 0 aliphatic carbocycles.